The van der Waals surface area contributed by atoms with Crippen LogP contribution in [0.3, 0.4) is 0 Å². The van der Waals surface area contributed by atoms with Gasteiger partial charge in [-0.25, -0.2) is 4.79 Å². The maximum atomic E-state index is 11.8. The predicted molar refractivity (Wildman–Crippen MR) is 78.5 cm³/mol. The van der Waals surface area contributed by atoms with Crippen molar-refractivity contribution in [3.05, 3.63) is 55.8 Å². The molecule has 0 aliphatic rings. The molecule has 1 aromatic heterocycles. The van der Waals surface area contributed by atoms with Gasteiger partial charge in [0, 0.05) is 22.4 Å². The largest absolute Gasteiger partial charge is 0.399 e. The lowest BCUT2D eigenvalue weighted by atomic mass is 10.3. The molecule has 1 amide bonds. The van der Waals surface area contributed by atoms with Gasteiger partial charge in [0.15, 0.2) is 0 Å². The van der Waals surface area contributed by atoms with Crippen LogP contribution in [0.2, 0.25) is 0 Å². The number of aromatic amines is 1. The van der Waals surface area contributed by atoms with Crippen LogP contribution in [0.25, 0.3) is 0 Å². The number of nitrogens with two attached hydrogens (primary N) is 1. The zero-order valence-corrected chi connectivity index (χ0v) is 11.8. The van der Waals surface area contributed by atoms with Gasteiger partial charge in [-0.2, -0.15) is 0 Å². The fourth-order valence-electron chi connectivity index (χ4n) is 1.55. The Kier molecular flexibility index (Phi) is 4.04. The third-order valence-corrected chi connectivity index (χ3v) is 3.13. The van der Waals surface area contributed by atoms with E-state index in [9.17, 15) is 14.4 Å². The molecule has 2 rings (SSSR count). The molecule has 1 heterocycles. The van der Waals surface area contributed by atoms with Crippen LogP contribution in [0.1, 0.15) is 0 Å². The number of amides is 1. The highest BCUT2D eigenvalue weighted by molar-refractivity contribution is 9.10. The van der Waals surface area contributed by atoms with Crippen LogP contribution < -0.4 is 22.3 Å². The highest BCUT2D eigenvalue weighted by Gasteiger charge is 2.07. The van der Waals surface area contributed by atoms with Gasteiger partial charge >= 0.3 is 5.69 Å². The van der Waals surface area contributed by atoms with E-state index in [2.05, 4.69) is 26.2 Å². The summed E-state index contributed by atoms with van der Waals surface area (Å²) in [5, 5.41) is 2.63. The summed E-state index contributed by atoms with van der Waals surface area (Å²) in [5.74, 6) is -0.398. The van der Waals surface area contributed by atoms with E-state index in [1.165, 1.54) is 12.3 Å². The van der Waals surface area contributed by atoms with Crippen molar-refractivity contribution < 1.29 is 4.79 Å². The molecule has 0 spiro atoms. The first-order chi connectivity index (χ1) is 9.45. The molecular weight excluding hydrogens is 328 g/mol. The second kappa shape index (κ2) is 5.74. The zero-order valence-electron chi connectivity index (χ0n) is 10.2. The lowest BCUT2D eigenvalue weighted by molar-refractivity contribution is -0.116. The van der Waals surface area contributed by atoms with E-state index in [4.69, 9.17) is 5.73 Å². The van der Waals surface area contributed by atoms with Gasteiger partial charge in [0.1, 0.15) is 6.54 Å². The van der Waals surface area contributed by atoms with Crippen molar-refractivity contribution in [1.29, 1.82) is 0 Å². The molecule has 0 bridgehead atoms. The summed E-state index contributed by atoms with van der Waals surface area (Å²) < 4.78 is 1.74. The number of rotatable bonds is 3. The monoisotopic (exact) mass is 338 g/mol. The normalized spacial score (nSPS) is 10.2. The van der Waals surface area contributed by atoms with E-state index in [1.807, 2.05) is 0 Å². The number of nitrogens with one attached hydrogen (secondary N) is 2. The Labute approximate surface area is 121 Å². The third-order valence-electron chi connectivity index (χ3n) is 2.48. The number of H-pyrrole nitrogens is 1. The van der Waals surface area contributed by atoms with Gasteiger partial charge in [0.2, 0.25) is 5.91 Å². The molecular formula is C12H11BrN4O3. The molecule has 1 aromatic carbocycles. The van der Waals surface area contributed by atoms with Gasteiger partial charge in [-0.1, -0.05) is 0 Å². The van der Waals surface area contributed by atoms with E-state index < -0.39 is 17.2 Å². The Hall–Kier alpha value is -2.35. The van der Waals surface area contributed by atoms with E-state index in [1.54, 1.807) is 18.2 Å². The number of nitrogen functional groups attached to an aromatic ring is 1. The molecule has 0 unspecified atom stereocenters. The van der Waals surface area contributed by atoms with Crippen molar-refractivity contribution in [3.8, 4) is 0 Å². The number of nitrogens with zero attached hydrogens (tertiary/aromatic N) is 1. The van der Waals surface area contributed by atoms with Crippen LogP contribution in [-0.4, -0.2) is 15.5 Å². The lowest BCUT2D eigenvalue weighted by Crippen LogP contribution is -2.32. The van der Waals surface area contributed by atoms with Gasteiger partial charge in [0.05, 0.1) is 5.69 Å². The summed E-state index contributed by atoms with van der Waals surface area (Å²) in [6, 6.07) is 6.12. The van der Waals surface area contributed by atoms with Crippen LogP contribution in [0.15, 0.2) is 44.5 Å². The quantitative estimate of drug-likeness (QED) is 0.708. The van der Waals surface area contributed by atoms with Crippen LogP contribution in [-0.2, 0) is 11.3 Å². The number of hydrogen-bond donors (Lipinski definition) is 3. The summed E-state index contributed by atoms with van der Waals surface area (Å²) in [7, 11) is 0. The van der Waals surface area contributed by atoms with Gasteiger partial charge < -0.3 is 11.1 Å². The third kappa shape index (κ3) is 3.35. The van der Waals surface area contributed by atoms with Crippen LogP contribution in [0.4, 0.5) is 11.4 Å². The maximum Gasteiger partial charge on any atom is 0.328 e. The molecule has 0 fully saturated rings. The van der Waals surface area contributed by atoms with E-state index in [0.717, 1.165) is 4.57 Å². The van der Waals surface area contributed by atoms with Gasteiger partial charge in [-0.15, -0.1) is 0 Å². The molecule has 104 valence electrons. The summed E-state index contributed by atoms with van der Waals surface area (Å²) in [6.07, 6.45) is 1.26. The minimum atomic E-state index is -0.635. The number of benzene rings is 1. The first-order valence-electron chi connectivity index (χ1n) is 5.60. The van der Waals surface area contributed by atoms with Crippen molar-refractivity contribution in [2.24, 2.45) is 0 Å². The molecule has 20 heavy (non-hydrogen) atoms. The average molecular weight is 339 g/mol. The topological polar surface area (TPSA) is 110 Å². The smallest absolute Gasteiger partial charge is 0.328 e. The molecule has 2 aromatic rings. The lowest BCUT2D eigenvalue weighted by Gasteiger charge is -2.09. The molecule has 0 radical (unpaired) electrons. The summed E-state index contributed by atoms with van der Waals surface area (Å²) in [5.41, 5.74) is 5.56. The summed E-state index contributed by atoms with van der Waals surface area (Å²) in [4.78, 5) is 36.3. The van der Waals surface area contributed by atoms with Gasteiger partial charge in [-0.05, 0) is 34.1 Å². The highest BCUT2D eigenvalue weighted by atomic mass is 79.9. The van der Waals surface area contributed by atoms with E-state index in [0.29, 0.717) is 15.8 Å². The van der Waals surface area contributed by atoms with Crippen LogP contribution in [0.5, 0.6) is 0 Å². The number of aromatic nitrogens is 2. The Balaban J connectivity index is 2.13. The standard InChI is InChI=1S/C12H11BrN4O3/c13-8-5-7(14)1-2-9(8)15-11(19)6-17-4-3-10(18)16-12(17)20/h1-5H,6,14H2,(H,15,19)(H,16,18,20). The Morgan fingerprint density at radius 2 is 2.10 bits per heavy atom. The molecule has 0 aliphatic heterocycles. The molecule has 4 N–H and O–H groups in total. The zero-order chi connectivity index (χ0) is 14.7. The summed E-state index contributed by atoms with van der Waals surface area (Å²) in [6.45, 7) is -0.202. The Morgan fingerprint density at radius 3 is 2.75 bits per heavy atom. The first-order valence-corrected chi connectivity index (χ1v) is 6.39. The molecule has 0 saturated heterocycles. The predicted octanol–water partition coefficient (Wildman–Crippen LogP) is 0.520. The second-order valence-electron chi connectivity index (χ2n) is 4.03. The van der Waals surface area contributed by atoms with Crippen LogP contribution >= 0.6 is 15.9 Å². The van der Waals surface area contributed by atoms with Gasteiger partial charge in [-0.3, -0.25) is 19.1 Å². The number of anilines is 2. The number of carbonyl (C=O) groups excluding carboxylic acids is 1. The molecule has 0 saturated carbocycles. The van der Waals surface area contributed by atoms with Crippen molar-refractivity contribution >= 4 is 33.2 Å². The number of carbonyl (C=O) groups is 1. The number of hydrogen-bond acceptors (Lipinski definition) is 4. The molecule has 8 heteroatoms. The van der Waals surface area contributed by atoms with E-state index >= 15 is 0 Å². The van der Waals surface area contributed by atoms with Gasteiger partial charge in [0.25, 0.3) is 5.56 Å². The van der Waals surface area contributed by atoms with Crippen LogP contribution in [0, 0.1) is 0 Å². The highest BCUT2D eigenvalue weighted by Crippen LogP contribution is 2.24. The first kappa shape index (κ1) is 14.1. The SMILES string of the molecule is Nc1ccc(NC(=O)Cn2ccc(=O)[nH]c2=O)c(Br)c1. The van der Waals surface area contributed by atoms with Crippen molar-refractivity contribution in [2.75, 3.05) is 11.1 Å². The summed E-state index contributed by atoms with van der Waals surface area (Å²) >= 11 is 3.27. The Morgan fingerprint density at radius 1 is 1.35 bits per heavy atom. The van der Waals surface area contributed by atoms with Crippen molar-refractivity contribution in [3.63, 3.8) is 0 Å². The Bertz CT molecular complexity index is 766. The molecule has 7 nitrogen and oxygen atoms in total. The average Bonchev–Trinajstić information content (AvgIpc) is 2.36. The second-order valence-corrected chi connectivity index (χ2v) is 4.88. The maximum absolute atomic E-state index is 11.8. The molecule has 0 atom stereocenters. The molecule has 0 aliphatic carbocycles. The fourth-order valence-corrected chi connectivity index (χ4v) is 2.04. The minimum absolute atomic E-state index is 0.202. The van der Waals surface area contributed by atoms with Crippen molar-refractivity contribution in [1.82, 2.24) is 9.55 Å². The number of halogens is 1. The minimum Gasteiger partial charge on any atom is -0.399 e. The fraction of sp³-hybridized carbons (Fsp3) is 0.0833. The van der Waals surface area contributed by atoms with Crippen molar-refractivity contribution in [2.45, 2.75) is 6.54 Å². The van der Waals surface area contributed by atoms with E-state index in [-0.39, 0.29) is 6.54 Å².